The van der Waals surface area contributed by atoms with Crippen molar-refractivity contribution in [1.29, 1.82) is 0 Å². The first kappa shape index (κ1) is 12.8. The van der Waals surface area contributed by atoms with Crippen LogP contribution in [0.4, 0.5) is 0 Å². The molecule has 20 heavy (non-hydrogen) atoms. The van der Waals surface area contributed by atoms with Gasteiger partial charge in [0.2, 0.25) is 0 Å². The van der Waals surface area contributed by atoms with Gasteiger partial charge in [-0.1, -0.05) is 24.6 Å². The molecule has 0 saturated heterocycles. The predicted molar refractivity (Wildman–Crippen MR) is 76.7 cm³/mol. The molecule has 1 aromatic carbocycles. The fourth-order valence-corrected chi connectivity index (χ4v) is 2.49. The van der Waals surface area contributed by atoms with E-state index in [-0.39, 0.29) is 11.5 Å². The van der Waals surface area contributed by atoms with Crippen LogP contribution in [0.1, 0.15) is 29.8 Å². The Morgan fingerprint density at radius 3 is 2.70 bits per heavy atom. The predicted octanol–water partition coefficient (Wildman–Crippen LogP) is 1.46. The van der Waals surface area contributed by atoms with Gasteiger partial charge >= 0.3 is 0 Å². The molecule has 1 saturated carbocycles. The number of carbonyl (C=O) groups excluding carboxylic acids is 1. The lowest BCUT2D eigenvalue weighted by atomic mass is 9.85. The first-order valence-electron chi connectivity index (χ1n) is 6.91. The molecule has 104 valence electrons. The van der Waals surface area contributed by atoms with Gasteiger partial charge in [-0.15, -0.1) is 0 Å². The Labute approximate surface area is 116 Å². The number of nitrogens with zero attached hydrogens (tertiary/aromatic N) is 2. The Bertz CT molecular complexity index is 717. The maximum atomic E-state index is 12.3. The molecule has 1 heterocycles. The summed E-state index contributed by atoms with van der Waals surface area (Å²) in [6, 6.07) is 7.09. The number of aromatic nitrogens is 2. The zero-order valence-electron chi connectivity index (χ0n) is 11.4. The van der Waals surface area contributed by atoms with E-state index in [2.05, 4.69) is 10.4 Å². The molecular formula is C15H17N3O2. The monoisotopic (exact) mass is 271 g/mol. The molecule has 0 aliphatic heterocycles. The van der Waals surface area contributed by atoms with Crippen molar-refractivity contribution in [2.24, 2.45) is 13.0 Å². The summed E-state index contributed by atoms with van der Waals surface area (Å²) < 4.78 is 1.22. The summed E-state index contributed by atoms with van der Waals surface area (Å²) in [4.78, 5) is 24.3. The standard InChI is InChI=1S/C15H17N3O2/c1-18-15(20)12-8-3-2-7-11(12)13(17-18)14(19)16-9-10-5-4-6-10/h2-3,7-8,10H,4-6,9H2,1H3,(H,16,19). The number of aryl methyl sites for hydroxylation is 1. The van der Waals surface area contributed by atoms with Crippen LogP contribution in [0, 0.1) is 5.92 Å². The van der Waals surface area contributed by atoms with E-state index >= 15 is 0 Å². The van der Waals surface area contributed by atoms with Crippen LogP contribution in [0.25, 0.3) is 10.8 Å². The lowest BCUT2D eigenvalue weighted by molar-refractivity contribution is 0.0934. The second-order valence-electron chi connectivity index (χ2n) is 5.33. The van der Waals surface area contributed by atoms with Gasteiger partial charge < -0.3 is 5.32 Å². The Kier molecular flexibility index (Phi) is 3.26. The van der Waals surface area contributed by atoms with Gasteiger partial charge in [-0.25, -0.2) is 4.68 Å². The van der Waals surface area contributed by atoms with E-state index < -0.39 is 0 Å². The first-order valence-corrected chi connectivity index (χ1v) is 6.91. The highest BCUT2D eigenvalue weighted by Crippen LogP contribution is 2.25. The first-order chi connectivity index (χ1) is 9.66. The zero-order chi connectivity index (χ0) is 14.1. The number of carbonyl (C=O) groups is 1. The summed E-state index contributed by atoms with van der Waals surface area (Å²) in [6.45, 7) is 0.692. The smallest absolute Gasteiger partial charge is 0.274 e. The summed E-state index contributed by atoms with van der Waals surface area (Å²) in [5, 5.41) is 8.18. The quantitative estimate of drug-likeness (QED) is 0.919. The van der Waals surface area contributed by atoms with Crippen LogP contribution in [-0.2, 0) is 7.05 Å². The van der Waals surface area contributed by atoms with E-state index in [1.807, 2.05) is 6.07 Å². The number of nitrogens with one attached hydrogen (secondary N) is 1. The average molecular weight is 271 g/mol. The van der Waals surface area contributed by atoms with Gasteiger partial charge in [-0.3, -0.25) is 9.59 Å². The molecule has 1 aromatic heterocycles. The van der Waals surface area contributed by atoms with Gasteiger partial charge in [0.25, 0.3) is 11.5 Å². The highest BCUT2D eigenvalue weighted by molar-refractivity contribution is 6.04. The number of benzene rings is 1. The van der Waals surface area contributed by atoms with E-state index in [0.717, 1.165) is 0 Å². The van der Waals surface area contributed by atoms with Crippen molar-refractivity contribution in [3.8, 4) is 0 Å². The molecule has 1 aliphatic carbocycles. The maximum absolute atomic E-state index is 12.3. The van der Waals surface area contributed by atoms with Crippen LogP contribution < -0.4 is 10.9 Å². The van der Waals surface area contributed by atoms with E-state index in [1.165, 1.54) is 23.9 Å². The third kappa shape index (κ3) is 2.19. The van der Waals surface area contributed by atoms with Crippen LogP contribution in [-0.4, -0.2) is 22.2 Å². The number of rotatable bonds is 3. The van der Waals surface area contributed by atoms with E-state index in [9.17, 15) is 9.59 Å². The van der Waals surface area contributed by atoms with Crippen LogP contribution in [0.5, 0.6) is 0 Å². The zero-order valence-corrected chi connectivity index (χ0v) is 11.4. The molecule has 5 heteroatoms. The normalized spacial score (nSPS) is 15.1. The third-order valence-electron chi connectivity index (χ3n) is 3.95. The maximum Gasteiger partial charge on any atom is 0.274 e. The Hall–Kier alpha value is -2.17. The molecule has 1 N–H and O–H groups in total. The Morgan fingerprint density at radius 1 is 1.35 bits per heavy atom. The molecule has 0 unspecified atom stereocenters. The van der Waals surface area contributed by atoms with Gasteiger partial charge in [-0.05, 0) is 24.8 Å². The molecule has 0 radical (unpaired) electrons. The molecule has 0 bridgehead atoms. The molecule has 1 amide bonds. The van der Waals surface area contributed by atoms with Crippen LogP contribution in [0.2, 0.25) is 0 Å². The minimum absolute atomic E-state index is 0.184. The van der Waals surface area contributed by atoms with E-state index in [4.69, 9.17) is 0 Å². The molecule has 1 fully saturated rings. The second-order valence-corrected chi connectivity index (χ2v) is 5.33. The van der Waals surface area contributed by atoms with Gasteiger partial charge in [0.1, 0.15) is 0 Å². The SMILES string of the molecule is Cn1nc(C(=O)NCC2CCC2)c2ccccc2c1=O. The third-order valence-corrected chi connectivity index (χ3v) is 3.95. The van der Waals surface area contributed by atoms with Crippen molar-refractivity contribution >= 4 is 16.7 Å². The van der Waals surface area contributed by atoms with Crippen LogP contribution >= 0.6 is 0 Å². The summed E-state index contributed by atoms with van der Waals surface area (Å²) in [5.41, 5.74) is 0.137. The fraction of sp³-hybridized carbons (Fsp3) is 0.400. The van der Waals surface area contributed by atoms with Crippen molar-refractivity contribution < 1.29 is 4.79 Å². The highest BCUT2D eigenvalue weighted by Gasteiger charge is 2.20. The van der Waals surface area contributed by atoms with Crippen LogP contribution in [0.3, 0.4) is 0 Å². The van der Waals surface area contributed by atoms with Crippen molar-refractivity contribution in [3.63, 3.8) is 0 Å². The topological polar surface area (TPSA) is 64.0 Å². The minimum Gasteiger partial charge on any atom is -0.350 e. The number of fused-ring (bicyclic) bond motifs is 1. The highest BCUT2D eigenvalue weighted by atomic mass is 16.2. The number of hydrogen-bond donors (Lipinski definition) is 1. The van der Waals surface area contributed by atoms with Gasteiger partial charge in [0, 0.05) is 19.0 Å². The molecule has 1 aliphatic rings. The second kappa shape index (κ2) is 5.07. The number of amides is 1. The summed E-state index contributed by atoms with van der Waals surface area (Å²) >= 11 is 0. The molecule has 5 nitrogen and oxygen atoms in total. The van der Waals surface area contributed by atoms with E-state index in [0.29, 0.717) is 28.9 Å². The van der Waals surface area contributed by atoms with Gasteiger partial charge in [0.05, 0.1) is 5.39 Å². The number of hydrogen-bond acceptors (Lipinski definition) is 3. The van der Waals surface area contributed by atoms with Crippen molar-refractivity contribution in [1.82, 2.24) is 15.1 Å². The summed E-state index contributed by atoms with van der Waals surface area (Å²) in [6.07, 6.45) is 3.62. The Balaban J connectivity index is 1.95. The van der Waals surface area contributed by atoms with Crippen molar-refractivity contribution in [3.05, 3.63) is 40.3 Å². The van der Waals surface area contributed by atoms with Crippen molar-refractivity contribution in [2.75, 3.05) is 6.54 Å². The van der Waals surface area contributed by atoms with E-state index in [1.54, 1.807) is 25.2 Å². The lowest BCUT2D eigenvalue weighted by Crippen LogP contribution is -2.34. The average Bonchev–Trinajstić information content (AvgIpc) is 2.41. The summed E-state index contributed by atoms with van der Waals surface area (Å²) in [5.74, 6) is 0.390. The minimum atomic E-state index is -0.205. The molecule has 2 aromatic rings. The molecular weight excluding hydrogens is 254 g/mol. The largest absolute Gasteiger partial charge is 0.350 e. The summed E-state index contributed by atoms with van der Waals surface area (Å²) in [7, 11) is 1.57. The van der Waals surface area contributed by atoms with Gasteiger partial charge in [-0.2, -0.15) is 5.10 Å². The van der Waals surface area contributed by atoms with Crippen LogP contribution in [0.15, 0.2) is 29.1 Å². The lowest BCUT2D eigenvalue weighted by Gasteiger charge is -2.25. The van der Waals surface area contributed by atoms with Crippen molar-refractivity contribution in [2.45, 2.75) is 19.3 Å². The fourth-order valence-electron chi connectivity index (χ4n) is 2.49. The molecule has 3 rings (SSSR count). The Morgan fingerprint density at radius 2 is 2.05 bits per heavy atom. The van der Waals surface area contributed by atoms with Gasteiger partial charge in [0.15, 0.2) is 5.69 Å². The molecule has 0 atom stereocenters. The molecule has 0 spiro atoms.